The smallest absolute Gasteiger partial charge is 0.253 e. The van der Waals surface area contributed by atoms with Crippen molar-refractivity contribution in [2.45, 2.75) is 13.3 Å². The van der Waals surface area contributed by atoms with Gasteiger partial charge in [-0.2, -0.15) is 0 Å². The van der Waals surface area contributed by atoms with Crippen LogP contribution in [-0.4, -0.2) is 35.0 Å². The summed E-state index contributed by atoms with van der Waals surface area (Å²) in [6.45, 7) is 1.96. The summed E-state index contributed by atoms with van der Waals surface area (Å²) in [7, 11) is 3.43. The van der Waals surface area contributed by atoms with E-state index < -0.39 is 0 Å². The van der Waals surface area contributed by atoms with E-state index in [1.165, 1.54) is 4.90 Å². The fourth-order valence-corrected chi connectivity index (χ4v) is 2.10. The lowest BCUT2D eigenvalue weighted by Gasteiger charge is -2.09. The first-order chi connectivity index (χ1) is 10.1. The lowest BCUT2D eigenvalue weighted by Crippen LogP contribution is -2.21. The Bertz CT molecular complexity index is 801. The van der Waals surface area contributed by atoms with Crippen LogP contribution in [0, 0.1) is 0 Å². The van der Waals surface area contributed by atoms with Gasteiger partial charge in [0, 0.05) is 26.1 Å². The summed E-state index contributed by atoms with van der Waals surface area (Å²) in [4.78, 5) is 17.9. The van der Waals surface area contributed by atoms with Crippen LogP contribution in [0.2, 0.25) is 0 Å². The number of carbonyl (C=O) groups is 1. The molecule has 0 N–H and O–H groups in total. The SMILES string of the molecule is CCc1nc(-c2noc3ccc(C(=O)N(C)C)cc23)co1. The van der Waals surface area contributed by atoms with Crippen molar-refractivity contribution in [1.29, 1.82) is 0 Å². The van der Waals surface area contributed by atoms with Gasteiger partial charge in [0.2, 0.25) is 0 Å². The molecule has 0 radical (unpaired) electrons. The molecule has 0 unspecified atom stereocenters. The molecule has 3 rings (SSSR count). The summed E-state index contributed by atoms with van der Waals surface area (Å²) in [5, 5.41) is 4.78. The van der Waals surface area contributed by atoms with Gasteiger partial charge in [-0.3, -0.25) is 4.79 Å². The quantitative estimate of drug-likeness (QED) is 0.739. The van der Waals surface area contributed by atoms with Gasteiger partial charge < -0.3 is 13.8 Å². The number of aryl methyl sites for hydroxylation is 1. The third-order valence-corrected chi connectivity index (χ3v) is 3.22. The van der Waals surface area contributed by atoms with Crippen LogP contribution in [0.25, 0.3) is 22.4 Å². The summed E-state index contributed by atoms with van der Waals surface area (Å²) in [5.74, 6) is 0.570. The number of fused-ring (bicyclic) bond motifs is 1. The first kappa shape index (κ1) is 13.4. The van der Waals surface area contributed by atoms with Crippen molar-refractivity contribution in [3.8, 4) is 11.4 Å². The predicted octanol–water partition coefficient (Wildman–Crippen LogP) is 2.75. The fourth-order valence-electron chi connectivity index (χ4n) is 2.10. The van der Waals surface area contributed by atoms with Crippen molar-refractivity contribution in [3.05, 3.63) is 35.9 Å². The topological polar surface area (TPSA) is 72.4 Å². The van der Waals surface area contributed by atoms with Crippen LogP contribution in [0.5, 0.6) is 0 Å². The van der Waals surface area contributed by atoms with Gasteiger partial charge in [-0.15, -0.1) is 0 Å². The molecule has 0 fully saturated rings. The van der Waals surface area contributed by atoms with Gasteiger partial charge in [0.25, 0.3) is 5.91 Å². The highest BCUT2D eigenvalue weighted by molar-refractivity contribution is 6.00. The van der Waals surface area contributed by atoms with Crippen LogP contribution in [0.4, 0.5) is 0 Å². The van der Waals surface area contributed by atoms with Crippen molar-refractivity contribution in [3.63, 3.8) is 0 Å². The van der Waals surface area contributed by atoms with E-state index in [0.29, 0.717) is 34.8 Å². The number of aromatic nitrogens is 2. The second kappa shape index (κ2) is 5.05. The Hall–Kier alpha value is -2.63. The van der Waals surface area contributed by atoms with Crippen molar-refractivity contribution < 1.29 is 13.7 Å². The minimum absolute atomic E-state index is 0.0709. The van der Waals surface area contributed by atoms with Gasteiger partial charge in [0.15, 0.2) is 11.5 Å². The second-order valence-electron chi connectivity index (χ2n) is 4.92. The molecule has 0 bridgehead atoms. The molecule has 21 heavy (non-hydrogen) atoms. The van der Waals surface area contributed by atoms with Crippen LogP contribution < -0.4 is 0 Å². The first-order valence-electron chi connectivity index (χ1n) is 6.66. The third kappa shape index (κ3) is 2.29. The van der Waals surface area contributed by atoms with Crippen molar-refractivity contribution in [2.24, 2.45) is 0 Å². The molecule has 0 aliphatic carbocycles. The third-order valence-electron chi connectivity index (χ3n) is 3.22. The van der Waals surface area contributed by atoms with E-state index in [1.807, 2.05) is 6.92 Å². The molecule has 1 amide bonds. The minimum atomic E-state index is -0.0709. The maximum Gasteiger partial charge on any atom is 0.253 e. The van der Waals surface area contributed by atoms with Crippen molar-refractivity contribution in [2.75, 3.05) is 14.1 Å². The Balaban J connectivity index is 2.11. The van der Waals surface area contributed by atoms with E-state index >= 15 is 0 Å². The normalized spacial score (nSPS) is 11.0. The summed E-state index contributed by atoms with van der Waals surface area (Å²) in [6, 6.07) is 5.23. The molecule has 3 aromatic rings. The highest BCUT2D eigenvalue weighted by Crippen LogP contribution is 2.28. The summed E-state index contributed by atoms with van der Waals surface area (Å²) < 4.78 is 10.6. The molecule has 2 aromatic heterocycles. The predicted molar refractivity (Wildman–Crippen MR) is 76.9 cm³/mol. The molecule has 108 valence electrons. The van der Waals surface area contributed by atoms with Crippen LogP contribution in [0.1, 0.15) is 23.2 Å². The van der Waals surface area contributed by atoms with Gasteiger partial charge in [0.05, 0.1) is 5.39 Å². The zero-order valence-corrected chi connectivity index (χ0v) is 12.1. The zero-order valence-electron chi connectivity index (χ0n) is 12.1. The Kier molecular flexibility index (Phi) is 3.21. The Morgan fingerprint density at radius 3 is 2.81 bits per heavy atom. The van der Waals surface area contributed by atoms with E-state index in [1.54, 1.807) is 38.6 Å². The number of rotatable bonds is 3. The maximum atomic E-state index is 12.0. The summed E-state index contributed by atoms with van der Waals surface area (Å²) in [5.41, 5.74) is 2.39. The van der Waals surface area contributed by atoms with Gasteiger partial charge in [-0.25, -0.2) is 4.98 Å². The van der Waals surface area contributed by atoms with Gasteiger partial charge in [0.1, 0.15) is 17.7 Å². The molecule has 0 saturated heterocycles. The highest BCUT2D eigenvalue weighted by Gasteiger charge is 2.17. The van der Waals surface area contributed by atoms with Crippen LogP contribution in [0.3, 0.4) is 0 Å². The number of amides is 1. The van der Waals surface area contributed by atoms with Crippen LogP contribution in [0.15, 0.2) is 33.4 Å². The van der Waals surface area contributed by atoms with Gasteiger partial charge >= 0.3 is 0 Å². The Labute approximate surface area is 121 Å². The lowest BCUT2D eigenvalue weighted by molar-refractivity contribution is 0.0828. The van der Waals surface area contributed by atoms with E-state index in [9.17, 15) is 4.79 Å². The number of nitrogens with zero attached hydrogens (tertiary/aromatic N) is 3. The zero-order chi connectivity index (χ0) is 15.0. The number of oxazole rings is 1. The minimum Gasteiger partial charge on any atom is -0.448 e. The molecule has 0 spiro atoms. The van der Waals surface area contributed by atoms with Crippen molar-refractivity contribution >= 4 is 16.9 Å². The average Bonchev–Trinajstić information content (AvgIpc) is 3.11. The van der Waals surface area contributed by atoms with Crippen LogP contribution >= 0.6 is 0 Å². The van der Waals surface area contributed by atoms with Gasteiger partial charge in [-0.05, 0) is 18.2 Å². The van der Waals surface area contributed by atoms with Crippen molar-refractivity contribution in [1.82, 2.24) is 15.0 Å². The standard InChI is InChI=1S/C15H15N3O3/c1-4-13-16-11(8-20-13)14-10-7-9(15(19)18(2)3)5-6-12(10)21-17-14/h5-8H,4H2,1-3H3. The number of benzene rings is 1. The molecular weight excluding hydrogens is 270 g/mol. The highest BCUT2D eigenvalue weighted by atomic mass is 16.5. The molecule has 6 heteroatoms. The summed E-state index contributed by atoms with van der Waals surface area (Å²) in [6.07, 6.45) is 2.26. The summed E-state index contributed by atoms with van der Waals surface area (Å²) >= 11 is 0. The largest absolute Gasteiger partial charge is 0.448 e. The number of carbonyl (C=O) groups excluding carboxylic acids is 1. The fraction of sp³-hybridized carbons (Fsp3) is 0.267. The molecule has 0 aliphatic rings. The number of hydrogen-bond donors (Lipinski definition) is 0. The first-order valence-corrected chi connectivity index (χ1v) is 6.66. The number of hydrogen-bond acceptors (Lipinski definition) is 5. The van der Waals surface area contributed by atoms with E-state index in [-0.39, 0.29) is 5.91 Å². The molecular formula is C15H15N3O3. The molecule has 6 nitrogen and oxygen atoms in total. The maximum absolute atomic E-state index is 12.0. The monoisotopic (exact) mass is 285 g/mol. The molecule has 0 aliphatic heterocycles. The van der Waals surface area contributed by atoms with E-state index in [0.717, 1.165) is 5.39 Å². The second-order valence-corrected chi connectivity index (χ2v) is 4.92. The lowest BCUT2D eigenvalue weighted by atomic mass is 10.1. The molecule has 1 aromatic carbocycles. The average molecular weight is 285 g/mol. The molecule has 0 atom stereocenters. The van der Waals surface area contributed by atoms with Crippen LogP contribution in [-0.2, 0) is 6.42 Å². The Morgan fingerprint density at radius 1 is 1.33 bits per heavy atom. The van der Waals surface area contributed by atoms with E-state index in [2.05, 4.69) is 10.1 Å². The Morgan fingerprint density at radius 2 is 2.14 bits per heavy atom. The molecule has 0 saturated carbocycles. The van der Waals surface area contributed by atoms with E-state index in [4.69, 9.17) is 8.94 Å². The van der Waals surface area contributed by atoms with Gasteiger partial charge in [-0.1, -0.05) is 12.1 Å². The molecule has 2 heterocycles.